The van der Waals surface area contributed by atoms with Crippen LogP contribution < -0.4 is 0 Å². The summed E-state index contributed by atoms with van der Waals surface area (Å²) in [5.41, 5.74) is 1.24. The van der Waals surface area contributed by atoms with Crippen molar-refractivity contribution < 1.29 is 4.79 Å². The number of Topliss-reactive ketones (excluding diaryl/α,β-unsaturated/α-hetero) is 1. The predicted octanol–water partition coefficient (Wildman–Crippen LogP) is 2.28. The first kappa shape index (κ1) is 13.2. The van der Waals surface area contributed by atoms with Gasteiger partial charge < -0.3 is 4.90 Å². The molecule has 0 spiro atoms. The van der Waals surface area contributed by atoms with Gasteiger partial charge in [-0.1, -0.05) is 11.6 Å². The maximum Gasteiger partial charge on any atom is 0.183 e. The molecule has 1 heterocycles. The van der Waals surface area contributed by atoms with Crippen LogP contribution in [0.15, 0.2) is 30.1 Å². The molecule has 0 N–H and O–H groups in total. The van der Waals surface area contributed by atoms with Gasteiger partial charge in [0.1, 0.15) is 5.15 Å². The second-order valence-corrected chi connectivity index (χ2v) is 3.95. The molecular weight excluding hydrogens is 238 g/mol. The fourth-order valence-corrected chi connectivity index (χ4v) is 1.29. The van der Waals surface area contributed by atoms with E-state index < -0.39 is 0 Å². The lowest BCUT2D eigenvalue weighted by molar-refractivity contribution is 0.0959. The summed E-state index contributed by atoms with van der Waals surface area (Å²) in [6.45, 7) is 1.98. The number of pyridine rings is 1. The normalized spacial score (nSPS) is 10.8. The van der Waals surface area contributed by atoms with Crippen LogP contribution in [-0.2, 0) is 0 Å². The highest BCUT2D eigenvalue weighted by Crippen LogP contribution is 2.08. The monoisotopic (exact) mass is 249 g/mol. The molecule has 0 saturated heterocycles. The van der Waals surface area contributed by atoms with Crippen LogP contribution in [-0.4, -0.2) is 29.3 Å². The van der Waals surface area contributed by atoms with Crippen LogP contribution in [0, 0.1) is 11.3 Å². The van der Waals surface area contributed by atoms with Gasteiger partial charge in [0.25, 0.3) is 0 Å². The van der Waals surface area contributed by atoms with E-state index in [-0.39, 0.29) is 12.3 Å². The lowest BCUT2D eigenvalue weighted by Crippen LogP contribution is -2.24. The van der Waals surface area contributed by atoms with Crippen LogP contribution in [0.1, 0.15) is 17.3 Å². The van der Waals surface area contributed by atoms with Crippen molar-refractivity contribution in [3.63, 3.8) is 0 Å². The topological polar surface area (TPSA) is 57.0 Å². The Labute approximate surface area is 105 Å². The van der Waals surface area contributed by atoms with E-state index >= 15 is 0 Å². The van der Waals surface area contributed by atoms with E-state index in [1.54, 1.807) is 31.0 Å². The number of hydrogen-bond donors (Lipinski definition) is 0. The van der Waals surface area contributed by atoms with Crippen molar-refractivity contribution in [3.8, 4) is 6.07 Å². The highest BCUT2D eigenvalue weighted by molar-refractivity contribution is 6.29. The summed E-state index contributed by atoms with van der Waals surface area (Å²) >= 11 is 5.64. The first-order valence-corrected chi connectivity index (χ1v) is 5.34. The number of likely N-dealkylation sites (N-methyl/N-ethyl adjacent to an activating group) is 1. The molecule has 0 radical (unpaired) electrons. The highest BCUT2D eigenvalue weighted by Gasteiger charge is 2.09. The van der Waals surface area contributed by atoms with E-state index in [0.717, 1.165) is 5.70 Å². The minimum absolute atomic E-state index is 0.0673. The third-order valence-corrected chi connectivity index (χ3v) is 2.53. The minimum atomic E-state index is -0.0673. The smallest absolute Gasteiger partial charge is 0.183 e. The van der Waals surface area contributed by atoms with Gasteiger partial charge in [-0.05, 0) is 19.1 Å². The van der Waals surface area contributed by atoms with Gasteiger partial charge in [-0.25, -0.2) is 4.98 Å². The second-order valence-electron chi connectivity index (χ2n) is 3.56. The average Bonchev–Trinajstić information content (AvgIpc) is 2.30. The Morgan fingerprint density at radius 3 is 2.88 bits per heavy atom. The van der Waals surface area contributed by atoms with Crippen LogP contribution in [0.25, 0.3) is 0 Å². The predicted molar refractivity (Wildman–Crippen MR) is 65.6 cm³/mol. The number of rotatable bonds is 4. The maximum absolute atomic E-state index is 11.8. The summed E-state index contributed by atoms with van der Waals surface area (Å²) in [5, 5.41) is 8.86. The summed E-state index contributed by atoms with van der Waals surface area (Å²) in [5.74, 6) is -0.0673. The molecular formula is C12H12ClN3O. The summed E-state index contributed by atoms with van der Waals surface area (Å²) < 4.78 is 0. The zero-order chi connectivity index (χ0) is 12.8. The summed E-state index contributed by atoms with van der Waals surface area (Å²) in [6.07, 6.45) is 2.84. The largest absolute Gasteiger partial charge is 0.370 e. The number of hydrogen-bond acceptors (Lipinski definition) is 4. The molecule has 0 saturated carbocycles. The first-order valence-electron chi connectivity index (χ1n) is 4.97. The molecule has 17 heavy (non-hydrogen) atoms. The molecule has 0 atom stereocenters. The molecule has 0 aliphatic rings. The van der Waals surface area contributed by atoms with Crippen LogP contribution in [0.2, 0.25) is 5.15 Å². The fraction of sp³-hybridized carbons (Fsp3) is 0.250. The Morgan fingerprint density at radius 2 is 2.35 bits per heavy atom. The van der Waals surface area contributed by atoms with Crippen LogP contribution in [0.3, 0.4) is 0 Å². The van der Waals surface area contributed by atoms with E-state index in [1.807, 2.05) is 6.07 Å². The molecule has 88 valence electrons. The molecule has 0 aliphatic heterocycles. The third kappa shape index (κ3) is 3.89. The number of nitrogens with zero attached hydrogens (tertiary/aromatic N) is 3. The molecule has 0 unspecified atom stereocenters. The van der Waals surface area contributed by atoms with Crippen molar-refractivity contribution in [2.75, 3.05) is 13.6 Å². The number of carbonyl (C=O) groups excluding carboxylic acids is 1. The van der Waals surface area contributed by atoms with Crippen molar-refractivity contribution in [3.05, 3.63) is 40.8 Å². The van der Waals surface area contributed by atoms with Crippen molar-refractivity contribution in [1.82, 2.24) is 9.88 Å². The lowest BCUT2D eigenvalue weighted by atomic mass is 10.2. The van der Waals surface area contributed by atoms with Crippen molar-refractivity contribution in [2.24, 2.45) is 0 Å². The SMILES string of the molecule is CC(=CC#N)N(C)CC(=O)c1ccc(Cl)nc1. The number of aromatic nitrogens is 1. The maximum atomic E-state index is 11.8. The number of carbonyl (C=O) groups is 1. The third-order valence-electron chi connectivity index (χ3n) is 2.31. The highest BCUT2D eigenvalue weighted by atomic mass is 35.5. The first-order chi connectivity index (χ1) is 8.04. The lowest BCUT2D eigenvalue weighted by Gasteiger charge is -2.17. The standard InChI is InChI=1S/C12H12ClN3O/c1-9(5-6-14)16(2)8-11(17)10-3-4-12(13)15-7-10/h3-5,7H,8H2,1-2H3. The van der Waals surface area contributed by atoms with Gasteiger partial charge in [-0.15, -0.1) is 0 Å². The van der Waals surface area contributed by atoms with Crippen LogP contribution in [0.5, 0.6) is 0 Å². The minimum Gasteiger partial charge on any atom is -0.370 e. The molecule has 1 aromatic rings. The molecule has 0 aliphatic carbocycles. The Kier molecular flexibility index (Phi) is 4.68. The van der Waals surface area contributed by atoms with E-state index in [9.17, 15) is 4.79 Å². The van der Waals surface area contributed by atoms with Gasteiger partial charge in [0.05, 0.1) is 12.6 Å². The number of halogens is 1. The van der Waals surface area contributed by atoms with E-state index in [0.29, 0.717) is 10.7 Å². The van der Waals surface area contributed by atoms with Crippen molar-refractivity contribution in [2.45, 2.75) is 6.92 Å². The van der Waals surface area contributed by atoms with Crippen molar-refractivity contribution in [1.29, 1.82) is 5.26 Å². The van der Waals surface area contributed by atoms with Gasteiger partial charge in [-0.2, -0.15) is 5.26 Å². The Bertz CT molecular complexity index is 474. The zero-order valence-electron chi connectivity index (χ0n) is 9.64. The summed E-state index contributed by atoms with van der Waals surface area (Å²) in [6, 6.07) is 5.13. The molecule has 4 nitrogen and oxygen atoms in total. The van der Waals surface area contributed by atoms with Gasteiger partial charge in [0, 0.05) is 30.6 Å². The van der Waals surface area contributed by atoms with Crippen LogP contribution >= 0.6 is 11.6 Å². The fourth-order valence-electron chi connectivity index (χ4n) is 1.18. The van der Waals surface area contributed by atoms with Crippen molar-refractivity contribution >= 4 is 17.4 Å². The molecule has 0 aromatic carbocycles. The van der Waals surface area contributed by atoms with Gasteiger partial charge >= 0.3 is 0 Å². The summed E-state index contributed by atoms with van der Waals surface area (Å²) in [4.78, 5) is 17.4. The summed E-state index contributed by atoms with van der Waals surface area (Å²) in [7, 11) is 1.75. The molecule has 0 bridgehead atoms. The average molecular weight is 250 g/mol. The Balaban J connectivity index is 2.70. The molecule has 5 heteroatoms. The van der Waals surface area contributed by atoms with E-state index in [4.69, 9.17) is 16.9 Å². The second kappa shape index (κ2) is 6.02. The van der Waals surface area contributed by atoms with Crippen LogP contribution in [0.4, 0.5) is 0 Å². The number of nitriles is 1. The number of ketones is 1. The molecule has 1 rings (SSSR count). The number of allylic oxidation sites excluding steroid dienone is 2. The quantitative estimate of drug-likeness (QED) is 0.467. The zero-order valence-corrected chi connectivity index (χ0v) is 10.4. The van der Waals surface area contributed by atoms with Gasteiger partial charge in [0.2, 0.25) is 0 Å². The Morgan fingerprint density at radius 1 is 1.65 bits per heavy atom. The van der Waals surface area contributed by atoms with Gasteiger partial charge in [-0.3, -0.25) is 4.79 Å². The molecule has 0 fully saturated rings. The molecule has 0 amide bonds. The van der Waals surface area contributed by atoms with Gasteiger partial charge in [0.15, 0.2) is 5.78 Å². The van der Waals surface area contributed by atoms with E-state index in [2.05, 4.69) is 4.98 Å². The van der Waals surface area contributed by atoms with E-state index in [1.165, 1.54) is 12.3 Å². The molecule has 1 aromatic heterocycles. The Hall–Kier alpha value is -1.86.